The molecule has 0 spiro atoms. The molecule has 2 aromatic carbocycles. The Labute approximate surface area is 110 Å². The fraction of sp³-hybridized carbons (Fsp3) is 0.200. The van der Waals surface area contributed by atoms with Gasteiger partial charge in [0.25, 0.3) is 0 Å². The zero-order valence-corrected chi connectivity index (χ0v) is 10.5. The number of halogens is 3. The second-order valence-corrected chi connectivity index (χ2v) is 4.20. The van der Waals surface area contributed by atoms with E-state index < -0.39 is 17.5 Å². The number of hydrogen-bond acceptors (Lipinski definition) is 1. The van der Waals surface area contributed by atoms with Crippen molar-refractivity contribution in [2.75, 3.05) is 6.54 Å². The molecule has 0 saturated heterocycles. The van der Waals surface area contributed by atoms with Crippen LogP contribution in [0.2, 0.25) is 0 Å². The van der Waals surface area contributed by atoms with E-state index in [0.29, 0.717) is 6.54 Å². The molecule has 4 heteroatoms. The SMILES string of the molecule is CCNCc1ccc(-c2cccc(F)c2F)c(F)c1. The van der Waals surface area contributed by atoms with Crippen LogP contribution >= 0.6 is 0 Å². The maximum atomic E-state index is 14.0. The summed E-state index contributed by atoms with van der Waals surface area (Å²) in [5, 5.41) is 3.07. The minimum Gasteiger partial charge on any atom is -0.313 e. The Hall–Kier alpha value is -1.81. The highest BCUT2D eigenvalue weighted by molar-refractivity contribution is 5.65. The summed E-state index contributed by atoms with van der Waals surface area (Å²) in [5.41, 5.74) is 0.768. The molecule has 2 aromatic rings. The van der Waals surface area contributed by atoms with E-state index in [9.17, 15) is 13.2 Å². The van der Waals surface area contributed by atoms with Crippen molar-refractivity contribution in [3.05, 3.63) is 59.4 Å². The second kappa shape index (κ2) is 5.89. The topological polar surface area (TPSA) is 12.0 Å². The Morgan fingerprint density at radius 3 is 2.42 bits per heavy atom. The van der Waals surface area contributed by atoms with Crippen molar-refractivity contribution in [3.63, 3.8) is 0 Å². The lowest BCUT2D eigenvalue weighted by Crippen LogP contribution is -2.11. The van der Waals surface area contributed by atoms with E-state index in [1.54, 1.807) is 6.07 Å². The highest BCUT2D eigenvalue weighted by Gasteiger charge is 2.13. The van der Waals surface area contributed by atoms with Gasteiger partial charge in [0.1, 0.15) is 5.82 Å². The molecular weight excluding hydrogens is 251 g/mol. The fourth-order valence-corrected chi connectivity index (χ4v) is 1.87. The van der Waals surface area contributed by atoms with E-state index in [1.807, 2.05) is 6.92 Å². The van der Waals surface area contributed by atoms with E-state index in [2.05, 4.69) is 5.32 Å². The van der Waals surface area contributed by atoms with Crippen molar-refractivity contribution in [1.82, 2.24) is 5.32 Å². The third-order valence-corrected chi connectivity index (χ3v) is 2.85. The molecule has 1 N–H and O–H groups in total. The molecule has 2 rings (SSSR count). The zero-order chi connectivity index (χ0) is 13.8. The maximum Gasteiger partial charge on any atom is 0.166 e. The Bertz CT molecular complexity index is 582. The maximum absolute atomic E-state index is 14.0. The van der Waals surface area contributed by atoms with Crippen molar-refractivity contribution in [2.24, 2.45) is 0 Å². The Kier molecular flexibility index (Phi) is 4.22. The lowest BCUT2D eigenvalue weighted by molar-refractivity contribution is 0.510. The summed E-state index contributed by atoms with van der Waals surface area (Å²) in [6, 6.07) is 8.24. The van der Waals surface area contributed by atoms with Gasteiger partial charge in [-0.05, 0) is 24.2 Å². The van der Waals surface area contributed by atoms with E-state index in [-0.39, 0.29) is 11.1 Å². The smallest absolute Gasteiger partial charge is 0.166 e. The lowest BCUT2D eigenvalue weighted by Gasteiger charge is -2.08. The molecule has 0 heterocycles. The van der Waals surface area contributed by atoms with Crippen LogP contribution in [-0.2, 0) is 6.54 Å². The molecule has 0 bridgehead atoms. The molecule has 1 nitrogen and oxygen atoms in total. The monoisotopic (exact) mass is 265 g/mol. The third-order valence-electron chi connectivity index (χ3n) is 2.85. The minimum atomic E-state index is -1.03. The Balaban J connectivity index is 2.38. The van der Waals surface area contributed by atoms with E-state index in [1.165, 1.54) is 24.3 Å². The summed E-state index contributed by atoms with van der Waals surface area (Å²) < 4.78 is 40.7. The standard InChI is InChI=1S/C15H14F3N/c1-2-19-9-10-6-7-11(14(17)8-10)12-4-3-5-13(16)15(12)18/h3-8,19H,2,9H2,1H3. The molecule has 100 valence electrons. The van der Waals surface area contributed by atoms with Crippen LogP contribution in [0.25, 0.3) is 11.1 Å². The first-order valence-electron chi connectivity index (χ1n) is 6.07. The minimum absolute atomic E-state index is 0.0625. The molecule has 0 saturated carbocycles. The van der Waals surface area contributed by atoms with Gasteiger partial charge in [0, 0.05) is 17.7 Å². The van der Waals surface area contributed by atoms with Crippen LogP contribution in [0.15, 0.2) is 36.4 Å². The highest BCUT2D eigenvalue weighted by Crippen LogP contribution is 2.27. The first-order chi connectivity index (χ1) is 9.13. The van der Waals surface area contributed by atoms with Gasteiger partial charge in [-0.2, -0.15) is 0 Å². The largest absolute Gasteiger partial charge is 0.313 e. The van der Waals surface area contributed by atoms with Crippen LogP contribution in [0.1, 0.15) is 12.5 Å². The Morgan fingerprint density at radius 1 is 0.947 bits per heavy atom. The quantitative estimate of drug-likeness (QED) is 0.884. The van der Waals surface area contributed by atoms with Gasteiger partial charge in [0.15, 0.2) is 11.6 Å². The first kappa shape index (κ1) is 13.6. The van der Waals surface area contributed by atoms with E-state index in [4.69, 9.17) is 0 Å². The zero-order valence-electron chi connectivity index (χ0n) is 10.5. The Morgan fingerprint density at radius 2 is 1.74 bits per heavy atom. The molecule has 0 unspecified atom stereocenters. The van der Waals surface area contributed by atoms with Crippen LogP contribution in [-0.4, -0.2) is 6.54 Å². The average Bonchev–Trinajstić information content (AvgIpc) is 2.40. The van der Waals surface area contributed by atoms with Crippen LogP contribution in [0.4, 0.5) is 13.2 Å². The van der Waals surface area contributed by atoms with Crippen LogP contribution in [0, 0.1) is 17.5 Å². The summed E-state index contributed by atoms with van der Waals surface area (Å²) in [6.07, 6.45) is 0. The molecule has 0 aliphatic carbocycles. The van der Waals surface area contributed by atoms with Gasteiger partial charge in [-0.15, -0.1) is 0 Å². The van der Waals surface area contributed by atoms with E-state index in [0.717, 1.165) is 18.2 Å². The van der Waals surface area contributed by atoms with Crippen molar-refractivity contribution in [3.8, 4) is 11.1 Å². The van der Waals surface area contributed by atoms with Crippen molar-refractivity contribution in [2.45, 2.75) is 13.5 Å². The molecule has 0 aliphatic rings. The van der Waals surface area contributed by atoms with Gasteiger partial charge in [-0.25, -0.2) is 13.2 Å². The first-order valence-corrected chi connectivity index (χ1v) is 6.07. The summed E-state index contributed by atoms with van der Waals surface area (Å²) in [5.74, 6) is -2.56. The van der Waals surface area contributed by atoms with E-state index >= 15 is 0 Å². The highest BCUT2D eigenvalue weighted by atomic mass is 19.2. The van der Waals surface area contributed by atoms with Gasteiger partial charge in [-0.1, -0.05) is 31.2 Å². The number of hydrogen-bond donors (Lipinski definition) is 1. The van der Waals surface area contributed by atoms with Crippen molar-refractivity contribution >= 4 is 0 Å². The molecule has 0 aliphatic heterocycles. The van der Waals surface area contributed by atoms with Crippen LogP contribution in [0.5, 0.6) is 0 Å². The predicted molar refractivity (Wildman–Crippen MR) is 69.1 cm³/mol. The normalized spacial score (nSPS) is 10.7. The third kappa shape index (κ3) is 2.96. The molecular formula is C15H14F3N. The van der Waals surface area contributed by atoms with Gasteiger partial charge >= 0.3 is 0 Å². The summed E-state index contributed by atoms with van der Waals surface area (Å²) in [6.45, 7) is 3.27. The fourth-order valence-electron chi connectivity index (χ4n) is 1.87. The second-order valence-electron chi connectivity index (χ2n) is 4.20. The number of benzene rings is 2. The lowest BCUT2D eigenvalue weighted by atomic mass is 10.0. The number of rotatable bonds is 4. The van der Waals surface area contributed by atoms with Crippen LogP contribution in [0.3, 0.4) is 0 Å². The molecule has 0 radical (unpaired) electrons. The average molecular weight is 265 g/mol. The molecule has 0 atom stereocenters. The summed E-state index contributed by atoms with van der Waals surface area (Å²) in [4.78, 5) is 0. The molecule has 0 fully saturated rings. The number of nitrogens with one attached hydrogen (secondary N) is 1. The van der Waals surface area contributed by atoms with Gasteiger partial charge in [0.05, 0.1) is 0 Å². The molecule has 0 aromatic heterocycles. The molecule has 0 amide bonds. The van der Waals surface area contributed by atoms with Gasteiger partial charge in [0.2, 0.25) is 0 Å². The van der Waals surface area contributed by atoms with Gasteiger partial charge < -0.3 is 5.32 Å². The predicted octanol–water partition coefficient (Wildman–Crippen LogP) is 3.88. The summed E-state index contributed by atoms with van der Waals surface area (Å²) >= 11 is 0. The van der Waals surface area contributed by atoms with Crippen molar-refractivity contribution in [1.29, 1.82) is 0 Å². The molecule has 19 heavy (non-hydrogen) atoms. The van der Waals surface area contributed by atoms with Crippen molar-refractivity contribution < 1.29 is 13.2 Å². The van der Waals surface area contributed by atoms with Crippen LogP contribution < -0.4 is 5.32 Å². The summed E-state index contributed by atoms with van der Waals surface area (Å²) in [7, 11) is 0. The van der Waals surface area contributed by atoms with Gasteiger partial charge in [-0.3, -0.25) is 0 Å².